The maximum atomic E-state index is 9.12. The van der Waals surface area contributed by atoms with E-state index in [0.29, 0.717) is 10.7 Å². The molecule has 0 radical (unpaired) electrons. The van der Waals surface area contributed by atoms with E-state index in [1.54, 1.807) is 17.4 Å². The summed E-state index contributed by atoms with van der Waals surface area (Å²) < 4.78 is 1.23. The lowest BCUT2D eigenvalue weighted by molar-refractivity contribution is 0.937. The second-order valence-corrected chi connectivity index (χ2v) is 6.53. The quantitative estimate of drug-likeness (QED) is 0.567. The highest BCUT2D eigenvalue weighted by Crippen LogP contribution is 2.36. The van der Waals surface area contributed by atoms with Crippen molar-refractivity contribution in [3.05, 3.63) is 59.2 Å². The van der Waals surface area contributed by atoms with Crippen molar-refractivity contribution in [3.8, 4) is 27.8 Å². The summed E-state index contributed by atoms with van der Waals surface area (Å²) in [7, 11) is 0. The topological polar surface area (TPSA) is 65.4 Å². The van der Waals surface area contributed by atoms with Crippen molar-refractivity contribution in [1.29, 1.82) is 5.26 Å². The van der Waals surface area contributed by atoms with Crippen LogP contribution in [-0.2, 0) is 0 Å². The molecule has 0 saturated heterocycles. The Morgan fingerprint density at radius 1 is 1.04 bits per heavy atom. The molecule has 4 rings (SSSR count). The Balaban J connectivity index is 1.88. The van der Waals surface area contributed by atoms with Crippen LogP contribution in [0.1, 0.15) is 5.69 Å². The van der Waals surface area contributed by atoms with Gasteiger partial charge in [-0.1, -0.05) is 29.8 Å². The SMILES string of the molecule is N#Cc1n[nH]nc1-c1cc(Cl)cc(-c2cc3ccccc3s2)c1. The Morgan fingerprint density at radius 2 is 1.87 bits per heavy atom. The second-order valence-electron chi connectivity index (χ2n) is 5.01. The van der Waals surface area contributed by atoms with Crippen molar-refractivity contribution in [3.63, 3.8) is 0 Å². The van der Waals surface area contributed by atoms with E-state index in [4.69, 9.17) is 16.9 Å². The predicted octanol–water partition coefficient (Wildman–Crippen LogP) is 4.88. The molecule has 23 heavy (non-hydrogen) atoms. The van der Waals surface area contributed by atoms with E-state index < -0.39 is 0 Å². The van der Waals surface area contributed by atoms with Gasteiger partial charge in [-0.15, -0.1) is 16.4 Å². The van der Waals surface area contributed by atoms with Crippen molar-refractivity contribution >= 4 is 33.0 Å². The summed E-state index contributed by atoms with van der Waals surface area (Å²) >= 11 is 7.98. The summed E-state index contributed by atoms with van der Waals surface area (Å²) in [6.07, 6.45) is 0. The minimum Gasteiger partial charge on any atom is -0.196 e. The Hall–Kier alpha value is -2.68. The average Bonchev–Trinajstić information content (AvgIpc) is 3.20. The summed E-state index contributed by atoms with van der Waals surface area (Å²) in [5, 5.41) is 21.3. The molecule has 0 aliphatic rings. The van der Waals surface area contributed by atoms with Gasteiger partial charge in [-0.25, -0.2) is 0 Å². The van der Waals surface area contributed by atoms with Gasteiger partial charge in [-0.3, -0.25) is 0 Å². The molecular formula is C17H9ClN4S. The largest absolute Gasteiger partial charge is 0.196 e. The number of benzene rings is 2. The number of nitrogens with one attached hydrogen (secondary N) is 1. The van der Waals surface area contributed by atoms with E-state index in [1.807, 2.05) is 30.3 Å². The zero-order chi connectivity index (χ0) is 15.8. The lowest BCUT2D eigenvalue weighted by atomic mass is 10.1. The minimum absolute atomic E-state index is 0.259. The molecule has 6 heteroatoms. The molecular weight excluding hydrogens is 328 g/mol. The van der Waals surface area contributed by atoms with Crippen LogP contribution in [0, 0.1) is 11.3 Å². The van der Waals surface area contributed by atoms with Crippen LogP contribution in [0.4, 0.5) is 0 Å². The Morgan fingerprint density at radius 3 is 2.70 bits per heavy atom. The number of aromatic nitrogens is 3. The predicted molar refractivity (Wildman–Crippen MR) is 92.4 cm³/mol. The van der Waals surface area contributed by atoms with Crippen LogP contribution in [0.5, 0.6) is 0 Å². The number of fused-ring (bicyclic) bond motifs is 1. The number of halogens is 1. The third-order valence-corrected chi connectivity index (χ3v) is 4.92. The number of aromatic amines is 1. The molecule has 2 aromatic heterocycles. The average molecular weight is 337 g/mol. The van der Waals surface area contributed by atoms with Gasteiger partial charge in [-0.05, 0) is 41.3 Å². The van der Waals surface area contributed by atoms with E-state index in [1.165, 1.54) is 10.1 Å². The van der Waals surface area contributed by atoms with E-state index in [-0.39, 0.29) is 5.69 Å². The van der Waals surface area contributed by atoms with E-state index in [9.17, 15) is 0 Å². The van der Waals surface area contributed by atoms with Gasteiger partial charge in [0.2, 0.25) is 0 Å². The Kier molecular flexibility index (Phi) is 3.34. The fourth-order valence-corrected chi connectivity index (χ4v) is 3.79. The van der Waals surface area contributed by atoms with Crippen molar-refractivity contribution in [1.82, 2.24) is 15.4 Å². The molecule has 4 aromatic rings. The smallest absolute Gasteiger partial charge is 0.190 e. The van der Waals surface area contributed by atoms with Gasteiger partial charge in [0, 0.05) is 20.2 Å². The maximum Gasteiger partial charge on any atom is 0.190 e. The molecule has 0 fully saturated rings. The zero-order valence-corrected chi connectivity index (χ0v) is 13.3. The van der Waals surface area contributed by atoms with Crippen molar-refractivity contribution < 1.29 is 0 Å². The number of nitrogens with zero attached hydrogens (tertiary/aromatic N) is 3. The third kappa shape index (κ3) is 2.48. The molecule has 110 valence electrons. The zero-order valence-electron chi connectivity index (χ0n) is 11.7. The molecule has 1 N–H and O–H groups in total. The summed E-state index contributed by atoms with van der Waals surface area (Å²) in [6.45, 7) is 0. The monoisotopic (exact) mass is 336 g/mol. The third-order valence-electron chi connectivity index (χ3n) is 3.54. The first-order chi connectivity index (χ1) is 11.2. The number of H-pyrrole nitrogens is 1. The van der Waals surface area contributed by atoms with Crippen LogP contribution >= 0.6 is 22.9 Å². The van der Waals surface area contributed by atoms with Gasteiger partial charge >= 0.3 is 0 Å². The number of hydrogen-bond acceptors (Lipinski definition) is 4. The van der Waals surface area contributed by atoms with Gasteiger partial charge < -0.3 is 0 Å². The molecule has 0 bridgehead atoms. The molecule has 0 amide bonds. The standard InChI is InChI=1S/C17H9ClN4S/c18-13-6-11(16-8-10-3-1-2-4-15(10)23-16)5-12(7-13)17-14(9-19)20-22-21-17/h1-8H,(H,20,21,22). The summed E-state index contributed by atoms with van der Waals surface area (Å²) in [6, 6.07) is 18.1. The fraction of sp³-hybridized carbons (Fsp3) is 0. The van der Waals surface area contributed by atoms with Gasteiger partial charge in [0.25, 0.3) is 0 Å². The molecule has 0 unspecified atom stereocenters. The van der Waals surface area contributed by atoms with Crippen LogP contribution in [0.2, 0.25) is 5.02 Å². The molecule has 0 spiro atoms. The highest BCUT2D eigenvalue weighted by Gasteiger charge is 2.13. The number of nitriles is 1. The first-order valence-electron chi connectivity index (χ1n) is 6.85. The minimum atomic E-state index is 0.259. The molecule has 2 aromatic carbocycles. The van der Waals surface area contributed by atoms with E-state index in [0.717, 1.165) is 16.0 Å². The lowest BCUT2D eigenvalue weighted by Crippen LogP contribution is -1.84. The van der Waals surface area contributed by atoms with E-state index >= 15 is 0 Å². The highest BCUT2D eigenvalue weighted by atomic mass is 35.5. The molecule has 4 nitrogen and oxygen atoms in total. The number of thiophene rings is 1. The first-order valence-corrected chi connectivity index (χ1v) is 8.05. The molecule has 0 atom stereocenters. The normalized spacial score (nSPS) is 10.8. The van der Waals surface area contributed by atoms with Crippen LogP contribution in [0.25, 0.3) is 31.8 Å². The highest BCUT2D eigenvalue weighted by molar-refractivity contribution is 7.22. The van der Waals surface area contributed by atoms with Crippen LogP contribution < -0.4 is 0 Å². The van der Waals surface area contributed by atoms with Gasteiger partial charge in [0.05, 0.1) is 0 Å². The Labute approximate surface area is 141 Å². The van der Waals surface area contributed by atoms with Crippen LogP contribution in [-0.4, -0.2) is 15.4 Å². The Bertz CT molecular complexity index is 1020. The summed E-state index contributed by atoms with van der Waals surface area (Å²) in [4.78, 5) is 1.12. The van der Waals surface area contributed by atoms with Gasteiger partial charge in [0.15, 0.2) is 5.69 Å². The van der Waals surface area contributed by atoms with Crippen molar-refractivity contribution in [2.75, 3.05) is 0 Å². The second kappa shape index (κ2) is 5.51. The summed E-state index contributed by atoms with van der Waals surface area (Å²) in [5.41, 5.74) is 2.54. The number of hydrogen-bond donors (Lipinski definition) is 1. The van der Waals surface area contributed by atoms with Crippen molar-refractivity contribution in [2.45, 2.75) is 0 Å². The number of rotatable bonds is 2. The maximum absolute atomic E-state index is 9.12. The van der Waals surface area contributed by atoms with Gasteiger partial charge in [0.1, 0.15) is 11.8 Å². The van der Waals surface area contributed by atoms with Crippen molar-refractivity contribution in [2.24, 2.45) is 0 Å². The molecule has 2 heterocycles. The van der Waals surface area contributed by atoms with Gasteiger partial charge in [-0.2, -0.15) is 15.6 Å². The van der Waals surface area contributed by atoms with Crippen LogP contribution in [0.3, 0.4) is 0 Å². The van der Waals surface area contributed by atoms with Crippen LogP contribution in [0.15, 0.2) is 48.5 Å². The molecule has 0 saturated carbocycles. The summed E-state index contributed by atoms with van der Waals surface area (Å²) in [5.74, 6) is 0. The molecule has 0 aliphatic carbocycles. The van der Waals surface area contributed by atoms with E-state index in [2.05, 4.69) is 33.6 Å². The first kappa shape index (κ1) is 13.9. The fourth-order valence-electron chi connectivity index (χ4n) is 2.50. The molecule has 0 aliphatic heterocycles. The lowest BCUT2D eigenvalue weighted by Gasteiger charge is -2.03.